The number of rotatable bonds is 7. The number of sulfonamides is 1. The van der Waals surface area contributed by atoms with Crippen LogP contribution in [0.2, 0.25) is 0 Å². The van der Waals surface area contributed by atoms with Crippen LogP contribution in [0.25, 0.3) is 0 Å². The number of alkyl halides is 3. The Morgan fingerprint density at radius 3 is 2.20 bits per heavy atom. The van der Waals surface area contributed by atoms with E-state index in [0.29, 0.717) is 11.6 Å². The van der Waals surface area contributed by atoms with Gasteiger partial charge < -0.3 is 21.5 Å². The monoisotopic (exact) mass is 508 g/mol. The highest BCUT2D eigenvalue weighted by molar-refractivity contribution is 7.92. The second-order valence-corrected chi connectivity index (χ2v) is 8.96. The van der Waals surface area contributed by atoms with Gasteiger partial charge in [0, 0.05) is 11.4 Å². The Hall–Kier alpha value is -4.26. The number of anilines is 4. The Bertz CT molecular complexity index is 1360. The van der Waals surface area contributed by atoms with E-state index in [4.69, 9.17) is 10.8 Å². The van der Waals surface area contributed by atoms with Gasteiger partial charge in [-0.2, -0.15) is 13.2 Å². The van der Waals surface area contributed by atoms with Gasteiger partial charge in [-0.25, -0.2) is 13.2 Å². The van der Waals surface area contributed by atoms with Gasteiger partial charge in [-0.15, -0.1) is 0 Å². The Balaban J connectivity index is 1.69. The van der Waals surface area contributed by atoms with Crippen LogP contribution in [0, 0.1) is 0 Å². The van der Waals surface area contributed by atoms with Crippen LogP contribution >= 0.6 is 0 Å². The van der Waals surface area contributed by atoms with Gasteiger partial charge >= 0.3 is 18.2 Å². The molecule has 0 spiro atoms. The number of benzene rings is 3. The summed E-state index contributed by atoms with van der Waals surface area (Å²) in [5.74, 6) is -1.02. The van der Waals surface area contributed by atoms with Crippen molar-refractivity contribution in [3.63, 3.8) is 0 Å². The Kier molecular flexibility index (Phi) is 7.20. The number of nitrogens with one attached hydrogen (secondary N) is 3. The standard InChI is InChI=1S/C22H19F3N4O5S/c23-22(24,25)14-6-9-19(18(26)11-14)28-21(32)27-16-2-1-3-17(12-16)35(33,34)29-15-7-4-13(5-8-15)10-20(30)31/h1-9,11-12,29H,10,26H2,(H,30,31)(H2,27,28,32). The van der Waals surface area contributed by atoms with Crippen molar-refractivity contribution in [2.24, 2.45) is 0 Å². The topological polar surface area (TPSA) is 151 Å². The third kappa shape index (κ3) is 6.86. The fourth-order valence-electron chi connectivity index (χ4n) is 2.96. The molecule has 13 heteroatoms. The molecule has 0 aliphatic carbocycles. The van der Waals surface area contributed by atoms with Crippen LogP contribution in [-0.2, 0) is 27.4 Å². The lowest BCUT2D eigenvalue weighted by atomic mass is 10.1. The van der Waals surface area contributed by atoms with Crippen LogP contribution in [0.15, 0.2) is 71.6 Å². The number of amides is 2. The summed E-state index contributed by atoms with van der Waals surface area (Å²) in [7, 11) is -4.06. The maximum Gasteiger partial charge on any atom is 0.416 e. The number of hydrogen-bond donors (Lipinski definition) is 5. The van der Waals surface area contributed by atoms with Crippen LogP contribution in [0.4, 0.5) is 40.7 Å². The van der Waals surface area contributed by atoms with E-state index < -0.39 is 33.8 Å². The molecule has 3 aromatic carbocycles. The third-order valence-corrected chi connectivity index (χ3v) is 5.97. The van der Waals surface area contributed by atoms with Gasteiger partial charge in [0.05, 0.1) is 28.3 Å². The van der Waals surface area contributed by atoms with Crippen LogP contribution in [0.1, 0.15) is 11.1 Å². The number of urea groups is 1. The van der Waals surface area contributed by atoms with Crippen LogP contribution in [-0.4, -0.2) is 25.5 Å². The van der Waals surface area contributed by atoms with Gasteiger partial charge in [0.25, 0.3) is 10.0 Å². The highest BCUT2D eigenvalue weighted by atomic mass is 32.2. The van der Waals surface area contributed by atoms with Gasteiger partial charge in [0.2, 0.25) is 0 Å². The number of nitrogen functional groups attached to an aromatic ring is 1. The first kappa shape index (κ1) is 25.4. The lowest BCUT2D eigenvalue weighted by Gasteiger charge is -2.13. The molecule has 0 heterocycles. The molecule has 0 aliphatic heterocycles. The van der Waals surface area contributed by atoms with Gasteiger partial charge in [-0.1, -0.05) is 18.2 Å². The smallest absolute Gasteiger partial charge is 0.416 e. The first-order chi connectivity index (χ1) is 16.3. The van der Waals surface area contributed by atoms with E-state index in [-0.39, 0.29) is 34.1 Å². The zero-order chi connectivity index (χ0) is 25.8. The molecule has 0 aliphatic rings. The van der Waals surface area contributed by atoms with Crippen molar-refractivity contribution >= 4 is 44.8 Å². The van der Waals surface area contributed by atoms with Crippen LogP contribution in [0.5, 0.6) is 0 Å². The zero-order valence-electron chi connectivity index (χ0n) is 17.8. The highest BCUT2D eigenvalue weighted by Crippen LogP contribution is 2.33. The molecule has 0 bridgehead atoms. The molecule has 0 saturated carbocycles. The number of carbonyl (C=O) groups is 2. The van der Waals surface area contributed by atoms with E-state index in [9.17, 15) is 31.2 Å². The van der Waals surface area contributed by atoms with Crippen LogP contribution in [0.3, 0.4) is 0 Å². The molecule has 0 radical (unpaired) electrons. The van der Waals surface area contributed by atoms with Gasteiger partial charge in [0.1, 0.15) is 0 Å². The van der Waals surface area contributed by atoms with Gasteiger partial charge in [-0.05, 0) is 54.1 Å². The molecule has 0 aromatic heterocycles. The zero-order valence-corrected chi connectivity index (χ0v) is 18.6. The second-order valence-electron chi connectivity index (χ2n) is 7.28. The first-order valence-electron chi connectivity index (χ1n) is 9.82. The Labute approximate surface area is 197 Å². The molecule has 0 fully saturated rings. The summed E-state index contributed by atoms with van der Waals surface area (Å²) in [5.41, 5.74) is 5.04. The van der Waals surface area contributed by atoms with E-state index in [0.717, 1.165) is 12.1 Å². The van der Waals surface area contributed by atoms with Crippen molar-refractivity contribution in [2.45, 2.75) is 17.5 Å². The lowest BCUT2D eigenvalue weighted by Crippen LogP contribution is -2.21. The molecular weight excluding hydrogens is 489 g/mol. The van der Waals surface area contributed by atoms with Crippen molar-refractivity contribution in [2.75, 3.05) is 21.1 Å². The van der Waals surface area contributed by atoms with E-state index in [2.05, 4.69) is 15.4 Å². The fourth-order valence-corrected chi connectivity index (χ4v) is 4.06. The van der Waals surface area contributed by atoms with Crippen molar-refractivity contribution in [1.29, 1.82) is 0 Å². The van der Waals surface area contributed by atoms with Gasteiger partial charge in [-0.3, -0.25) is 9.52 Å². The maximum absolute atomic E-state index is 12.8. The molecule has 3 aromatic rings. The number of hydrogen-bond acceptors (Lipinski definition) is 5. The number of aliphatic carboxylic acids is 1. The number of halogens is 3. The summed E-state index contributed by atoms with van der Waals surface area (Å²) in [6.07, 6.45) is -4.80. The van der Waals surface area contributed by atoms with E-state index in [1.54, 1.807) is 0 Å². The predicted molar refractivity (Wildman–Crippen MR) is 124 cm³/mol. The summed E-state index contributed by atoms with van der Waals surface area (Å²) in [5, 5.41) is 13.5. The Morgan fingerprint density at radius 2 is 1.60 bits per heavy atom. The molecule has 6 N–H and O–H groups in total. The van der Waals surface area contributed by atoms with Gasteiger partial charge in [0.15, 0.2) is 0 Å². The van der Waals surface area contributed by atoms with Crippen molar-refractivity contribution in [1.82, 2.24) is 0 Å². The minimum Gasteiger partial charge on any atom is -0.481 e. The van der Waals surface area contributed by atoms with Crippen LogP contribution < -0.4 is 21.1 Å². The molecule has 3 rings (SSSR count). The lowest BCUT2D eigenvalue weighted by molar-refractivity contribution is -0.138. The largest absolute Gasteiger partial charge is 0.481 e. The molecular formula is C22H19F3N4O5S. The van der Waals surface area contributed by atoms with Crippen molar-refractivity contribution in [3.8, 4) is 0 Å². The third-order valence-electron chi connectivity index (χ3n) is 4.59. The molecule has 184 valence electrons. The number of nitrogens with two attached hydrogens (primary N) is 1. The normalized spacial score (nSPS) is 11.5. The Morgan fingerprint density at radius 1 is 0.914 bits per heavy atom. The van der Waals surface area contributed by atoms with Crippen molar-refractivity contribution in [3.05, 3.63) is 77.9 Å². The summed E-state index contributed by atoms with van der Waals surface area (Å²) in [6, 6.07) is 12.6. The maximum atomic E-state index is 12.8. The average molecular weight is 508 g/mol. The molecule has 2 amide bonds. The molecule has 0 saturated heterocycles. The molecule has 9 nitrogen and oxygen atoms in total. The summed E-state index contributed by atoms with van der Waals surface area (Å²) in [6.45, 7) is 0. The molecule has 0 atom stereocenters. The minimum atomic E-state index is -4.59. The summed E-state index contributed by atoms with van der Waals surface area (Å²) < 4.78 is 66.0. The number of carboxylic acid groups (broad SMARTS) is 1. The number of carbonyl (C=O) groups excluding carboxylic acids is 1. The molecule has 35 heavy (non-hydrogen) atoms. The average Bonchev–Trinajstić information content (AvgIpc) is 2.75. The SMILES string of the molecule is Nc1cc(C(F)(F)F)ccc1NC(=O)Nc1cccc(S(=O)(=O)Nc2ccc(CC(=O)O)cc2)c1. The fraction of sp³-hybridized carbons (Fsp3) is 0.0909. The highest BCUT2D eigenvalue weighted by Gasteiger charge is 2.30. The second kappa shape index (κ2) is 9.93. The summed E-state index contributed by atoms with van der Waals surface area (Å²) in [4.78, 5) is 22.8. The quantitative estimate of drug-likeness (QED) is 0.299. The predicted octanol–water partition coefficient (Wildman–Crippen LogP) is 4.36. The van der Waals surface area contributed by atoms with E-state index >= 15 is 0 Å². The van der Waals surface area contributed by atoms with E-state index in [1.165, 1.54) is 48.5 Å². The molecule has 0 unspecified atom stereocenters. The van der Waals surface area contributed by atoms with Crippen molar-refractivity contribution < 1.29 is 36.3 Å². The minimum absolute atomic E-state index is 0.0627. The number of carboxylic acids is 1. The van der Waals surface area contributed by atoms with E-state index in [1.807, 2.05) is 0 Å². The first-order valence-corrected chi connectivity index (χ1v) is 11.3. The summed E-state index contributed by atoms with van der Waals surface area (Å²) >= 11 is 0.